The lowest BCUT2D eigenvalue weighted by molar-refractivity contribution is 0.0926. The van der Waals surface area contributed by atoms with Crippen molar-refractivity contribution in [1.82, 2.24) is 15.5 Å². The quantitative estimate of drug-likeness (QED) is 0.740. The highest BCUT2D eigenvalue weighted by Gasteiger charge is 2.20. The van der Waals surface area contributed by atoms with E-state index in [1.165, 1.54) is 0 Å². The summed E-state index contributed by atoms with van der Waals surface area (Å²) < 4.78 is 21.0. The minimum Gasteiger partial charge on any atom is -0.497 e. The Morgan fingerprint density at radius 3 is 2.70 bits per heavy atom. The van der Waals surface area contributed by atoms with E-state index < -0.39 is 5.91 Å². The Hall–Kier alpha value is -3.55. The summed E-state index contributed by atoms with van der Waals surface area (Å²) in [4.78, 5) is 16.6. The van der Waals surface area contributed by atoms with Gasteiger partial charge in [-0.15, -0.1) is 0 Å². The number of aromatic nitrogens is 2. The Balaban J connectivity index is 1.46. The van der Waals surface area contributed by atoms with Crippen LogP contribution in [-0.4, -0.2) is 30.0 Å². The van der Waals surface area contributed by atoms with Gasteiger partial charge in [-0.1, -0.05) is 17.3 Å². The summed E-state index contributed by atoms with van der Waals surface area (Å²) in [7, 11) is 1.61. The molecule has 0 fully saturated rings. The number of carbonyl (C=O) groups is 1. The van der Waals surface area contributed by atoms with Gasteiger partial charge < -0.3 is 24.1 Å². The molecule has 138 valence electrons. The molecule has 1 N–H and O–H groups in total. The lowest BCUT2D eigenvalue weighted by Gasteiger charge is -2.13. The molecule has 0 saturated heterocycles. The molecule has 27 heavy (non-hydrogen) atoms. The van der Waals surface area contributed by atoms with Crippen LogP contribution in [0.4, 0.5) is 0 Å². The Morgan fingerprint density at radius 2 is 1.93 bits per heavy atom. The van der Waals surface area contributed by atoms with Crippen molar-refractivity contribution in [2.45, 2.75) is 13.0 Å². The summed E-state index contributed by atoms with van der Waals surface area (Å²) in [5, 5.41) is 6.62. The van der Waals surface area contributed by atoms with Crippen molar-refractivity contribution in [3.8, 4) is 28.7 Å². The number of hydrogen-bond donors (Lipinski definition) is 1. The van der Waals surface area contributed by atoms with Gasteiger partial charge in [-0.25, -0.2) is 0 Å². The molecule has 0 bridgehead atoms. The van der Waals surface area contributed by atoms with Crippen LogP contribution < -0.4 is 19.5 Å². The fourth-order valence-electron chi connectivity index (χ4n) is 2.70. The van der Waals surface area contributed by atoms with Crippen molar-refractivity contribution in [2.24, 2.45) is 0 Å². The maximum Gasteiger partial charge on any atom is 0.293 e. The average molecular weight is 367 g/mol. The number of hydrogen-bond acceptors (Lipinski definition) is 7. The fraction of sp³-hybridized carbons (Fsp3) is 0.211. The molecular weight excluding hydrogens is 350 g/mol. The van der Waals surface area contributed by atoms with E-state index in [1.807, 2.05) is 31.2 Å². The second-order valence-electron chi connectivity index (χ2n) is 5.96. The monoisotopic (exact) mass is 367 g/mol. The number of nitrogens with one attached hydrogen (secondary N) is 1. The fourth-order valence-corrected chi connectivity index (χ4v) is 2.70. The van der Waals surface area contributed by atoms with Crippen LogP contribution in [-0.2, 0) is 0 Å². The highest BCUT2D eigenvalue weighted by atomic mass is 16.7. The SMILES string of the molecule is COc1ccc(C(C)NC(=O)c2noc(-c3ccc4c(c3)OCO4)n2)cc1. The lowest BCUT2D eigenvalue weighted by atomic mass is 10.1. The lowest BCUT2D eigenvalue weighted by Crippen LogP contribution is -2.27. The number of carbonyl (C=O) groups excluding carboxylic acids is 1. The van der Waals surface area contributed by atoms with E-state index in [0.717, 1.165) is 11.3 Å². The molecule has 1 atom stereocenters. The molecule has 8 heteroatoms. The van der Waals surface area contributed by atoms with Gasteiger partial charge in [0.25, 0.3) is 17.6 Å². The second kappa shape index (κ2) is 6.99. The number of ether oxygens (including phenoxy) is 3. The summed E-state index contributed by atoms with van der Waals surface area (Å²) in [5.41, 5.74) is 1.58. The van der Waals surface area contributed by atoms with Gasteiger partial charge in [0.05, 0.1) is 13.2 Å². The molecule has 8 nitrogen and oxygen atoms in total. The Labute approximate surface area is 155 Å². The minimum absolute atomic E-state index is 0.0389. The predicted octanol–water partition coefficient (Wildman–Crippen LogP) is 2.96. The van der Waals surface area contributed by atoms with Crippen LogP contribution in [0.25, 0.3) is 11.5 Å². The minimum atomic E-state index is -0.422. The molecule has 1 aliphatic heterocycles. The van der Waals surface area contributed by atoms with Gasteiger partial charge in [0.1, 0.15) is 5.75 Å². The van der Waals surface area contributed by atoms with Crippen LogP contribution in [0, 0.1) is 0 Å². The summed E-state index contributed by atoms with van der Waals surface area (Å²) >= 11 is 0. The van der Waals surface area contributed by atoms with Crippen molar-refractivity contribution in [3.05, 3.63) is 53.9 Å². The predicted molar refractivity (Wildman–Crippen MR) is 94.7 cm³/mol. The van der Waals surface area contributed by atoms with Crippen molar-refractivity contribution in [3.63, 3.8) is 0 Å². The van der Waals surface area contributed by atoms with Crippen LogP contribution in [0.3, 0.4) is 0 Å². The first-order chi connectivity index (χ1) is 13.1. The van der Waals surface area contributed by atoms with Crippen LogP contribution >= 0.6 is 0 Å². The van der Waals surface area contributed by atoms with E-state index >= 15 is 0 Å². The molecule has 1 amide bonds. The van der Waals surface area contributed by atoms with Gasteiger partial charge in [0.2, 0.25) is 6.79 Å². The van der Waals surface area contributed by atoms with E-state index in [-0.39, 0.29) is 24.5 Å². The van der Waals surface area contributed by atoms with E-state index in [4.69, 9.17) is 18.7 Å². The van der Waals surface area contributed by atoms with Crippen LogP contribution in [0.2, 0.25) is 0 Å². The first-order valence-corrected chi connectivity index (χ1v) is 8.32. The molecule has 0 spiro atoms. The second-order valence-corrected chi connectivity index (χ2v) is 5.96. The summed E-state index contributed by atoms with van der Waals surface area (Å²) in [6.45, 7) is 2.05. The topological polar surface area (TPSA) is 95.7 Å². The number of fused-ring (bicyclic) bond motifs is 1. The van der Waals surface area contributed by atoms with E-state index in [0.29, 0.717) is 17.1 Å². The van der Waals surface area contributed by atoms with Gasteiger partial charge in [-0.05, 0) is 42.8 Å². The largest absolute Gasteiger partial charge is 0.497 e. The highest BCUT2D eigenvalue weighted by molar-refractivity contribution is 5.91. The van der Waals surface area contributed by atoms with Gasteiger partial charge in [-0.3, -0.25) is 4.79 Å². The third-order valence-corrected chi connectivity index (χ3v) is 4.21. The molecule has 3 aromatic rings. The van der Waals surface area contributed by atoms with Gasteiger partial charge in [0, 0.05) is 5.56 Å². The Kier molecular flexibility index (Phi) is 4.37. The zero-order valence-electron chi connectivity index (χ0n) is 14.8. The number of methoxy groups -OCH3 is 1. The third-order valence-electron chi connectivity index (χ3n) is 4.21. The number of nitrogens with zero attached hydrogens (tertiary/aromatic N) is 2. The summed E-state index contributed by atoms with van der Waals surface area (Å²) in [5.74, 6) is 1.78. The standard InChI is InChI=1S/C19H17N3O5/c1-11(12-3-6-14(24-2)7-4-12)20-18(23)17-21-19(27-22-17)13-5-8-15-16(9-13)26-10-25-15/h3-9,11H,10H2,1-2H3,(H,20,23). The zero-order valence-corrected chi connectivity index (χ0v) is 14.8. The van der Waals surface area contributed by atoms with Crippen molar-refractivity contribution in [1.29, 1.82) is 0 Å². The van der Waals surface area contributed by atoms with Crippen LogP contribution in [0.5, 0.6) is 17.2 Å². The molecule has 2 aromatic carbocycles. The van der Waals surface area contributed by atoms with Crippen molar-refractivity contribution >= 4 is 5.91 Å². The first kappa shape index (κ1) is 16.9. The van der Waals surface area contributed by atoms with E-state index in [2.05, 4.69) is 15.5 Å². The number of rotatable bonds is 5. The molecule has 0 saturated carbocycles. The molecule has 0 radical (unpaired) electrons. The Morgan fingerprint density at radius 1 is 1.15 bits per heavy atom. The van der Waals surface area contributed by atoms with Crippen LogP contribution in [0.15, 0.2) is 47.0 Å². The molecule has 1 aliphatic rings. The molecular formula is C19H17N3O5. The molecule has 4 rings (SSSR count). The van der Waals surface area contributed by atoms with Crippen molar-refractivity contribution < 1.29 is 23.5 Å². The van der Waals surface area contributed by atoms with E-state index in [1.54, 1.807) is 25.3 Å². The zero-order chi connectivity index (χ0) is 18.8. The molecule has 1 aromatic heterocycles. The maximum absolute atomic E-state index is 12.4. The average Bonchev–Trinajstić information content (AvgIpc) is 3.36. The Bertz CT molecular complexity index is 968. The van der Waals surface area contributed by atoms with Crippen molar-refractivity contribution in [2.75, 3.05) is 13.9 Å². The van der Waals surface area contributed by atoms with Gasteiger partial charge >= 0.3 is 0 Å². The molecule has 2 heterocycles. The highest BCUT2D eigenvalue weighted by Crippen LogP contribution is 2.35. The normalized spacial score (nSPS) is 13.3. The van der Waals surface area contributed by atoms with Crippen LogP contribution in [0.1, 0.15) is 29.1 Å². The molecule has 0 aliphatic carbocycles. The first-order valence-electron chi connectivity index (χ1n) is 8.32. The van der Waals surface area contributed by atoms with E-state index in [9.17, 15) is 4.79 Å². The molecule has 1 unspecified atom stereocenters. The third kappa shape index (κ3) is 3.41. The maximum atomic E-state index is 12.4. The summed E-state index contributed by atoms with van der Waals surface area (Å²) in [6, 6.07) is 12.5. The summed E-state index contributed by atoms with van der Waals surface area (Å²) in [6.07, 6.45) is 0. The smallest absolute Gasteiger partial charge is 0.293 e. The van der Waals surface area contributed by atoms with Gasteiger partial charge in [0.15, 0.2) is 11.5 Å². The van der Waals surface area contributed by atoms with Gasteiger partial charge in [-0.2, -0.15) is 4.98 Å². The number of amides is 1. The number of benzene rings is 2.